The lowest BCUT2D eigenvalue weighted by Crippen LogP contribution is -2.28. The van der Waals surface area contributed by atoms with Gasteiger partial charge in [0.25, 0.3) is 0 Å². The molecule has 0 spiro atoms. The maximum Gasteiger partial charge on any atom is 0.472 e. The van der Waals surface area contributed by atoms with Gasteiger partial charge in [-0.3, -0.25) is 13.8 Å². The maximum absolute atomic E-state index is 12.6. The molecule has 0 bridgehead atoms. The molecule has 0 fully saturated rings. The quantitative estimate of drug-likeness (QED) is 0.0271. The fourth-order valence-electron chi connectivity index (χ4n) is 6.38. The molecular formula is C46H88NO7P. The molecule has 0 saturated carbocycles. The minimum atomic E-state index is -4.27. The number of ether oxygens (including phenoxy) is 2. The fraction of sp³-hybridized carbons (Fsp3) is 0.848. The molecule has 0 radical (unpaired) electrons. The van der Waals surface area contributed by atoms with Crippen LogP contribution < -0.4 is 5.73 Å². The third-order valence-electron chi connectivity index (χ3n) is 9.76. The van der Waals surface area contributed by atoms with E-state index in [1.165, 1.54) is 154 Å². The van der Waals surface area contributed by atoms with Crippen molar-refractivity contribution in [1.29, 1.82) is 0 Å². The van der Waals surface area contributed by atoms with Gasteiger partial charge in [0.15, 0.2) is 0 Å². The maximum atomic E-state index is 12.6. The van der Waals surface area contributed by atoms with Gasteiger partial charge in [-0.25, -0.2) is 4.57 Å². The molecule has 3 N–H and O–H groups in total. The zero-order chi connectivity index (χ0) is 40.2. The van der Waals surface area contributed by atoms with Crippen molar-refractivity contribution in [2.24, 2.45) is 5.73 Å². The Morgan fingerprint density at radius 1 is 0.545 bits per heavy atom. The number of esters is 1. The summed E-state index contributed by atoms with van der Waals surface area (Å²) in [6.07, 6.45) is 50.3. The molecule has 9 heteroatoms. The zero-order valence-corrected chi connectivity index (χ0v) is 36.8. The summed E-state index contributed by atoms with van der Waals surface area (Å²) in [7, 11) is -4.27. The van der Waals surface area contributed by atoms with Crippen LogP contribution in [0.3, 0.4) is 0 Å². The molecule has 8 nitrogen and oxygen atoms in total. The van der Waals surface area contributed by atoms with Crippen molar-refractivity contribution in [1.82, 2.24) is 0 Å². The number of nitrogens with two attached hydrogens (primary N) is 1. The van der Waals surface area contributed by atoms with Crippen LogP contribution in [0.2, 0.25) is 0 Å². The Kier molecular flexibility index (Phi) is 42.8. The van der Waals surface area contributed by atoms with Crippen LogP contribution in [0.25, 0.3) is 0 Å². The highest BCUT2D eigenvalue weighted by Crippen LogP contribution is 2.43. The minimum absolute atomic E-state index is 0.0964. The summed E-state index contributed by atoms with van der Waals surface area (Å²) in [5, 5.41) is 0. The summed E-state index contributed by atoms with van der Waals surface area (Å²) in [6, 6.07) is 0. The van der Waals surface area contributed by atoms with E-state index in [1.807, 2.05) is 0 Å². The van der Waals surface area contributed by atoms with Crippen LogP contribution >= 0.6 is 7.82 Å². The Bertz CT molecular complexity index is 941. The molecule has 55 heavy (non-hydrogen) atoms. The largest absolute Gasteiger partial charge is 0.472 e. The summed E-state index contributed by atoms with van der Waals surface area (Å²) in [6.45, 7) is 4.86. The van der Waals surface area contributed by atoms with Crippen molar-refractivity contribution in [3.63, 3.8) is 0 Å². The molecular weight excluding hydrogens is 709 g/mol. The van der Waals surface area contributed by atoms with Crippen LogP contribution in [-0.2, 0) is 27.9 Å². The van der Waals surface area contributed by atoms with Crippen LogP contribution in [0.4, 0.5) is 0 Å². The number of carbonyl (C=O) groups excluding carboxylic acids is 1. The molecule has 0 aromatic carbocycles. The van der Waals surface area contributed by atoms with Gasteiger partial charge >= 0.3 is 13.8 Å². The monoisotopic (exact) mass is 798 g/mol. The lowest BCUT2D eigenvalue weighted by atomic mass is 10.0. The summed E-state index contributed by atoms with van der Waals surface area (Å²) in [5.74, 6) is -0.333. The molecule has 0 aliphatic carbocycles. The molecule has 0 saturated heterocycles. The Morgan fingerprint density at radius 2 is 1.00 bits per heavy atom. The highest BCUT2D eigenvalue weighted by Gasteiger charge is 2.25. The summed E-state index contributed by atoms with van der Waals surface area (Å²) in [4.78, 5) is 22.5. The number of hydrogen-bond acceptors (Lipinski definition) is 7. The molecule has 0 aliphatic rings. The second kappa shape index (κ2) is 43.8. The first kappa shape index (κ1) is 53.7. The van der Waals surface area contributed by atoms with Gasteiger partial charge in [0.1, 0.15) is 6.10 Å². The zero-order valence-electron chi connectivity index (χ0n) is 35.9. The Labute approximate surface area is 339 Å². The van der Waals surface area contributed by atoms with Crippen LogP contribution in [0.5, 0.6) is 0 Å². The van der Waals surface area contributed by atoms with Crippen molar-refractivity contribution < 1.29 is 32.8 Å². The Balaban J connectivity index is 3.89. The number of allylic oxidation sites excluding steroid dienone is 6. The first-order valence-electron chi connectivity index (χ1n) is 23.0. The molecule has 0 aliphatic heterocycles. The van der Waals surface area contributed by atoms with Gasteiger partial charge in [0, 0.05) is 19.6 Å². The predicted octanol–water partition coefficient (Wildman–Crippen LogP) is 13.8. The molecule has 2 atom stereocenters. The minimum Gasteiger partial charge on any atom is -0.457 e. The molecule has 0 rings (SSSR count). The first-order valence-corrected chi connectivity index (χ1v) is 24.5. The van der Waals surface area contributed by atoms with Gasteiger partial charge in [-0.2, -0.15) is 0 Å². The predicted molar refractivity (Wildman–Crippen MR) is 233 cm³/mol. The molecule has 0 heterocycles. The van der Waals surface area contributed by atoms with E-state index in [0.29, 0.717) is 13.0 Å². The van der Waals surface area contributed by atoms with Crippen molar-refractivity contribution in [3.8, 4) is 0 Å². The van der Waals surface area contributed by atoms with Gasteiger partial charge in [0.2, 0.25) is 0 Å². The van der Waals surface area contributed by atoms with Gasteiger partial charge < -0.3 is 20.1 Å². The van der Waals surface area contributed by atoms with Crippen molar-refractivity contribution in [3.05, 3.63) is 36.5 Å². The molecule has 0 aromatic rings. The molecule has 0 amide bonds. The van der Waals surface area contributed by atoms with Crippen molar-refractivity contribution in [2.45, 2.75) is 219 Å². The van der Waals surface area contributed by atoms with Gasteiger partial charge in [-0.15, -0.1) is 0 Å². The number of rotatable bonds is 44. The van der Waals surface area contributed by atoms with Crippen LogP contribution in [0.1, 0.15) is 213 Å². The normalized spacial score (nSPS) is 13.7. The van der Waals surface area contributed by atoms with E-state index >= 15 is 0 Å². The third-order valence-corrected chi connectivity index (χ3v) is 10.7. The van der Waals surface area contributed by atoms with E-state index < -0.39 is 13.9 Å². The lowest BCUT2D eigenvalue weighted by Gasteiger charge is -2.20. The number of carbonyl (C=O) groups is 1. The van der Waals surface area contributed by atoms with E-state index in [-0.39, 0.29) is 32.3 Å². The van der Waals surface area contributed by atoms with Crippen molar-refractivity contribution in [2.75, 3.05) is 33.0 Å². The average molecular weight is 798 g/mol. The number of phosphoric acid groups is 1. The number of hydrogen-bond donors (Lipinski definition) is 2. The van der Waals surface area contributed by atoms with Gasteiger partial charge in [-0.05, 0) is 64.2 Å². The second-order valence-electron chi connectivity index (χ2n) is 15.3. The highest BCUT2D eigenvalue weighted by molar-refractivity contribution is 7.47. The summed E-state index contributed by atoms with van der Waals surface area (Å²) < 4.78 is 33.4. The second-order valence-corrected chi connectivity index (χ2v) is 16.7. The number of unbranched alkanes of at least 4 members (excludes halogenated alkanes) is 25. The Morgan fingerprint density at radius 3 is 1.51 bits per heavy atom. The highest BCUT2D eigenvalue weighted by atomic mass is 31.2. The van der Waals surface area contributed by atoms with Crippen LogP contribution in [0.15, 0.2) is 36.5 Å². The van der Waals surface area contributed by atoms with E-state index in [0.717, 1.165) is 38.5 Å². The van der Waals surface area contributed by atoms with E-state index in [4.69, 9.17) is 24.3 Å². The third kappa shape index (κ3) is 43.7. The molecule has 324 valence electrons. The van der Waals surface area contributed by atoms with Crippen molar-refractivity contribution >= 4 is 13.8 Å². The SMILES string of the molecule is CCC/C=C\CCCCCCCCOCC(COP(=O)(O)OCCN)OC(=O)CCCCCCCCCCCCCCC/C=C\C/C=C\CCCCCCC. The lowest BCUT2D eigenvalue weighted by molar-refractivity contribution is -0.154. The van der Waals surface area contributed by atoms with Gasteiger partial charge in [0.05, 0.1) is 19.8 Å². The van der Waals surface area contributed by atoms with Crippen LogP contribution in [-0.4, -0.2) is 49.9 Å². The molecule has 0 aromatic heterocycles. The Hall–Kier alpha value is -1.28. The fourth-order valence-corrected chi connectivity index (χ4v) is 7.15. The first-order chi connectivity index (χ1) is 26.9. The van der Waals surface area contributed by atoms with Crippen LogP contribution in [0, 0.1) is 0 Å². The smallest absolute Gasteiger partial charge is 0.457 e. The standard InChI is InChI=1S/C46H88NO7P/c1-3-5-7-9-11-13-15-16-17-18-19-20-21-22-23-24-25-26-27-28-29-31-33-35-37-39-46(48)54-45(44-53-55(49,50)52-42-40-47)43-51-41-38-36-34-32-30-14-12-10-8-6-4-2/h8,10,15-16,18-19,45H,3-7,9,11-14,17,20-44,47H2,1-2H3,(H,49,50)/b10-8-,16-15-,19-18-. The topological polar surface area (TPSA) is 117 Å². The number of phosphoric ester groups is 1. The molecule has 2 unspecified atom stereocenters. The summed E-state index contributed by atoms with van der Waals surface area (Å²) >= 11 is 0. The van der Waals surface area contributed by atoms with E-state index in [2.05, 4.69) is 50.3 Å². The van der Waals surface area contributed by atoms with E-state index in [9.17, 15) is 14.3 Å². The van der Waals surface area contributed by atoms with Gasteiger partial charge in [-0.1, -0.05) is 179 Å². The summed E-state index contributed by atoms with van der Waals surface area (Å²) in [5.41, 5.74) is 5.37. The average Bonchev–Trinajstić information content (AvgIpc) is 3.17. The van der Waals surface area contributed by atoms with E-state index in [1.54, 1.807) is 0 Å².